The minimum Gasteiger partial charge on any atom is -0.306 e. The van der Waals surface area contributed by atoms with Gasteiger partial charge in [0.2, 0.25) is 0 Å². The SMILES string of the molecule is FC(F)Cn1c(CCl)nc2cccnc21. The zero-order valence-corrected chi connectivity index (χ0v) is 8.46. The zero-order chi connectivity index (χ0) is 10.8. The van der Waals surface area contributed by atoms with Gasteiger partial charge in [-0.3, -0.25) is 0 Å². The lowest BCUT2D eigenvalue weighted by molar-refractivity contribution is 0.127. The van der Waals surface area contributed by atoms with Crippen LogP contribution < -0.4 is 0 Å². The Morgan fingerprint density at radius 2 is 2.27 bits per heavy atom. The molecule has 0 radical (unpaired) electrons. The molecule has 2 aromatic rings. The number of nitrogens with zero attached hydrogens (tertiary/aromatic N) is 3. The van der Waals surface area contributed by atoms with E-state index < -0.39 is 13.0 Å². The zero-order valence-electron chi connectivity index (χ0n) is 7.70. The summed E-state index contributed by atoms with van der Waals surface area (Å²) in [4.78, 5) is 8.13. The van der Waals surface area contributed by atoms with Crippen LogP contribution >= 0.6 is 11.6 Å². The number of imidazole rings is 1. The third kappa shape index (κ3) is 1.92. The van der Waals surface area contributed by atoms with Crippen molar-refractivity contribution < 1.29 is 8.78 Å². The molecule has 0 amide bonds. The van der Waals surface area contributed by atoms with Crippen LogP contribution in [0, 0.1) is 0 Å². The lowest BCUT2D eigenvalue weighted by Gasteiger charge is -2.04. The van der Waals surface area contributed by atoms with E-state index >= 15 is 0 Å². The fourth-order valence-corrected chi connectivity index (χ4v) is 1.64. The number of hydrogen-bond donors (Lipinski definition) is 0. The summed E-state index contributed by atoms with van der Waals surface area (Å²) in [5.41, 5.74) is 1.04. The van der Waals surface area contributed by atoms with E-state index in [2.05, 4.69) is 9.97 Å². The van der Waals surface area contributed by atoms with Crippen LogP contribution in [-0.2, 0) is 12.4 Å². The predicted molar refractivity (Wildman–Crippen MR) is 53.1 cm³/mol. The summed E-state index contributed by atoms with van der Waals surface area (Å²) in [5, 5.41) is 0. The van der Waals surface area contributed by atoms with Gasteiger partial charge in [0.25, 0.3) is 6.43 Å². The Balaban J connectivity index is 2.56. The smallest absolute Gasteiger partial charge is 0.256 e. The van der Waals surface area contributed by atoms with Gasteiger partial charge in [0.1, 0.15) is 11.3 Å². The summed E-state index contributed by atoms with van der Waals surface area (Å²) in [6.07, 6.45) is -0.893. The second-order valence-corrected chi connectivity index (χ2v) is 3.28. The fourth-order valence-electron chi connectivity index (χ4n) is 1.44. The van der Waals surface area contributed by atoms with E-state index in [-0.39, 0.29) is 5.88 Å². The molecule has 0 aromatic carbocycles. The van der Waals surface area contributed by atoms with Gasteiger partial charge in [0, 0.05) is 6.20 Å². The van der Waals surface area contributed by atoms with E-state index in [1.807, 2.05) is 0 Å². The van der Waals surface area contributed by atoms with Gasteiger partial charge < -0.3 is 4.57 Å². The van der Waals surface area contributed by atoms with E-state index in [0.29, 0.717) is 17.0 Å². The van der Waals surface area contributed by atoms with Crippen LogP contribution in [0.2, 0.25) is 0 Å². The molecule has 0 spiro atoms. The van der Waals surface area contributed by atoms with Crippen LogP contribution in [0.5, 0.6) is 0 Å². The first-order valence-electron chi connectivity index (χ1n) is 4.36. The summed E-state index contributed by atoms with van der Waals surface area (Å²) < 4.78 is 26.0. The lowest BCUT2D eigenvalue weighted by atomic mass is 10.4. The van der Waals surface area contributed by atoms with Crippen molar-refractivity contribution in [1.29, 1.82) is 0 Å². The van der Waals surface area contributed by atoms with Crippen molar-refractivity contribution in [1.82, 2.24) is 14.5 Å². The monoisotopic (exact) mass is 231 g/mol. The van der Waals surface area contributed by atoms with Crippen LogP contribution in [0.15, 0.2) is 18.3 Å². The second kappa shape index (κ2) is 4.10. The number of hydrogen-bond acceptors (Lipinski definition) is 2. The molecule has 3 nitrogen and oxygen atoms in total. The van der Waals surface area contributed by atoms with E-state index in [9.17, 15) is 8.78 Å². The quantitative estimate of drug-likeness (QED) is 0.760. The molecule has 15 heavy (non-hydrogen) atoms. The van der Waals surface area contributed by atoms with Gasteiger partial charge >= 0.3 is 0 Å². The Morgan fingerprint density at radius 1 is 1.47 bits per heavy atom. The Labute approximate surface area is 89.7 Å². The third-order valence-electron chi connectivity index (χ3n) is 2.02. The maximum Gasteiger partial charge on any atom is 0.256 e. The highest BCUT2D eigenvalue weighted by Crippen LogP contribution is 2.16. The number of fused-ring (bicyclic) bond motifs is 1. The van der Waals surface area contributed by atoms with Gasteiger partial charge in [0.05, 0.1) is 12.4 Å². The molecule has 6 heteroatoms. The Hall–Kier alpha value is -1.23. The van der Waals surface area contributed by atoms with Gasteiger partial charge in [-0.25, -0.2) is 18.7 Å². The molecule has 2 aromatic heterocycles. The standard InChI is InChI=1S/C9H8ClF2N3/c10-4-8-14-6-2-1-3-13-9(6)15(8)5-7(11)12/h1-3,7H,4-5H2. The van der Waals surface area contributed by atoms with Crippen molar-refractivity contribution in [2.45, 2.75) is 18.9 Å². The molecule has 0 saturated heterocycles. The van der Waals surface area contributed by atoms with E-state index in [1.165, 1.54) is 4.57 Å². The van der Waals surface area contributed by atoms with Crippen LogP contribution in [0.4, 0.5) is 8.78 Å². The molecule has 0 saturated carbocycles. The fraction of sp³-hybridized carbons (Fsp3) is 0.333. The Kier molecular flexibility index (Phi) is 2.81. The molecule has 2 rings (SSSR count). The molecule has 80 valence electrons. The molecule has 0 N–H and O–H groups in total. The second-order valence-electron chi connectivity index (χ2n) is 3.01. The molecule has 0 atom stereocenters. The van der Waals surface area contributed by atoms with Crippen LogP contribution in [-0.4, -0.2) is 21.0 Å². The van der Waals surface area contributed by atoms with E-state index in [4.69, 9.17) is 11.6 Å². The maximum absolute atomic E-state index is 12.3. The first-order valence-corrected chi connectivity index (χ1v) is 4.90. The largest absolute Gasteiger partial charge is 0.306 e. The number of rotatable bonds is 3. The maximum atomic E-state index is 12.3. The highest BCUT2D eigenvalue weighted by atomic mass is 35.5. The Morgan fingerprint density at radius 3 is 2.93 bits per heavy atom. The van der Waals surface area contributed by atoms with Crippen molar-refractivity contribution in [2.75, 3.05) is 0 Å². The molecular weight excluding hydrogens is 224 g/mol. The topological polar surface area (TPSA) is 30.7 Å². The number of alkyl halides is 3. The van der Waals surface area contributed by atoms with Crippen LogP contribution in [0.25, 0.3) is 11.2 Å². The first kappa shape index (κ1) is 10.3. The van der Waals surface area contributed by atoms with Crippen molar-refractivity contribution in [3.8, 4) is 0 Å². The molecule has 0 bridgehead atoms. The van der Waals surface area contributed by atoms with Crippen LogP contribution in [0.1, 0.15) is 5.82 Å². The average molecular weight is 232 g/mol. The molecular formula is C9H8ClF2N3. The van der Waals surface area contributed by atoms with Crippen molar-refractivity contribution in [3.05, 3.63) is 24.2 Å². The van der Waals surface area contributed by atoms with Gasteiger partial charge in [-0.2, -0.15) is 0 Å². The van der Waals surface area contributed by atoms with Crippen molar-refractivity contribution >= 4 is 22.8 Å². The van der Waals surface area contributed by atoms with Gasteiger partial charge in [0.15, 0.2) is 5.65 Å². The molecule has 0 unspecified atom stereocenters. The normalized spacial score (nSPS) is 11.5. The average Bonchev–Trinajstić information content (AvgIpc) is 2.56. The summed E-state index contributed by atoms with van der Waals surface area (Å²) in [6.45, 7) is -0.421. The molecule has 0 aliphatic heterocycles. The van der Waals surface area contributed by atoms with Gasteiger partial charge in [-0.15, -0.1) is 11.6 Å². The van der Waals surface area contributed by atoms with Gasteiger partial charge in [-0.1, -0.05) is 0 Å². The number of pyridine rings is 1. The summed E-state index contributed by atoms with van der Waals surface area (Å²) in [6, 6.07) is 3.43. The number of halogens is 3. The lowest BCUT2D eigenvalue weighted by Crippen LogP contribution is -2.09. The highest BCUT2D eigenvalue weighted by molar-refractivity contribution is 6.16. The predicted octanol–water partition coefficient (Wildman–Crippen LogP) is 2.44. The highest BCUT2D eigenvalue weighted by Gasteiger charge is 2.14. The summed E-state index contributed by atoms with van der Waals surface area (Å²) in [7, 11) is 0. The first-order chi connectivity index (χ1) is 7.22. The summed E-state index contributed by atoms with van der Waals surface area (Å²) >= 11 is 5.63. The molecule has 0 fully saturated rings. The third-order valence-corrected chi connectivity index (χ3v) is 2.26. The van der Waals surface area contributed by atoms with E-state index in [0.717, 1.165) is 0 Å². The minimum atomic E-state index is -2.44. The summed E-state index contributed by atoms with van der Waals surface area (Å²) in [5.74, 6) is 0.522. The minimum absolute atomic E-state index is 0.100. The number of aromatic nitrogens is 3. The van der Waals surface area contributed by atoms with Crippen LogP contribution in [0.3, 0.4) is 0 Å². The molecule has 2 heterocycles. The Bertz CT molecular complexity index is 469. The molecule has 0 aliphatic carbocycles. The van der Waals surface area contributed by atoms with Crippen molar-refractivity contribution in [3.63, 3.8) is 0 Å². The van der Waals surface area contributed by atoms with E-state index in [1.54, 1.807) is 18.3 Å². The van der Waals surface area contributed by atoms with Crippen molar-refractivity contribution in [2.24, 2.45) is 0 Å². The van der Waals surface area contributed by atoms with Gasteiger partial charge in [-0.05, 0) is 12.1 Å². The molecule has 0 aliphatic rings.